The van der Waals surface area contributed by atoms with Gasteiger partial charge in [-0.3, -0.25) is 4.79 Å². The number of hydrogen-bond donors (Lipinski definition) is 3. The van der Waals surface area contributed by atoms with Gasteiger partial charge in [0.1, 0.15) is 23.9 Å². The average molecular weight is 466 g/mol. The van der Waals surface area contributed by atoms with Crippen LogP contribution in [0.25, 0.3) is 22.5 Å². The molecule has 2 aromatic carbocycles. The molecule has 0 spiro atoms. The van der Waals surface area contributed by atoms with Crippen LogP contribution in [0.3, 0.4) is 0 Å². The van der Waals surface area contributed by atoms with Crippen LogP contribution in [0.4, 0.5) is 5.82 Å². The van der Waals surface area contributed by atoms with E-state index in [-0.39, 0.29) is 16.6 Å². The van der Waals surface area contributed by atoms with Gasteiger partial charge in [-0.15, -0.1) is 0 Å². The van der Waals surface area contributed by atoms with E-state index >= 15 is 0 Å². The van der Waals surface area contributed by atoms with E-state index in [9.17, 15) is 13.2 Å². The van der Waals surface area contributed by atoms with E-state index in [1.165, 1.54) is 0 Å². The molecule has 10 heteroatoms. The molecule has 3 aromatic rings. The Hall–Kier alpha value is -3.50. The van der Waals surface area contributed by atoms with Crippen LogP contribution in [0.15, 0.2) is 53.6 Å². The van der Waals surface area contributed by atoms with Crippen molar-refractivity contribution < 1.29 is 17.9 Å². The smallest absolute Gasteiger partial charge is 0.255 e. The number of carbonyl (C=O) groups excluding carboxylic acids is 1. The molecule has 2 heterocycles. The molecule has 0 unspecified atom stereocenters. The summed E-state index contributed by atoms with van der Waals surface area (Å²) in [5.74, 6) is 0.960. The minimum atomic E-state index is -3.54. The lowest BCUT2D eigenvalue weighted by atomic mass is 10.1. The molecule has 2 aliphatic rings. The van der Waals surface area contributed by atoms with Crippen molar-refractivity contribution in [1.82, 2.24) is 20.0 Å². The van der Waals surface area contributed by atoms with E-state index in [4.69, 9.17) is 10.5 Å². The number of carbonyl (C=O) groups is 1. The van der Waals surface area contributed by atoms with E-state index < -0.39 is 10.0 Å². The topological polar surface area (TPSA) is 136 Å². The Balaban J connectivity index is 1.43. The fourth-order valence-electron chi connectivity index (χ4n) is 3.59. The van der Waals surface area contributed by atoms with Crippen LogP contribution >= 0.6 is 0 Å². The highest BCUT2D eigenvalue weighted by molar-refractivity contribution is 7.89. The summed E-state index contributed by atoms with van der Waals surface area (Å²) in [7, 11) is -3.54. The molecule has 5 rings (SSSR count). The van der Waals surface area contributed by atoms with Crippen molar-refractivity contribution in [2.24, 2.45) is 5.92 Å². The molecule has 33 heavy (non-hydrogen) atoms. The van der Waals surface area contributed by atoms with Gasteiger partial charge in [0.25, 0.3) is 5.91 Å². The van der Waals surface area contributed by atoms with Crippen LogP contribution in [0.5, 0.6) is 5.75 Å². The summed E-state index contributed by atoms with van der Waals surface area (Å²) in [6.07, 6.45) is 3.69. The second-order valence-corrected chi connectivity index (χ2v) is 9.89. The maximum absolute atomic E-state index is 12.5. The molecule has 0 bridgehead atoms. The summed E-state index contributed by atoms with van der Waals surface area (Å²) in [6, 6.07) is 11.6. The number of nitrogens with two attached hydrogens (primary N) is 1. The van der Waals surface area contributed by atoms with Gasteiger partial charge in [-0.05, 0) is 43.0 Å². The Labute approximate surface area is 191 Å². The Morgan fingerprint density at radius 3 is 2.64 bits per heavy atom. The summed E-state index contributed by atoms with van der Waals surface area (Å²) < 4.78 is 33.3. The predicted molar refractivity (Wildman–Crippen MR) is 123 cm³/mol. The van der Waals surface area contributed by atoms with Crippen LogP contribution in [0.1, 0.15) is 23.2 Å². The van der Waals surface area contributed by atoms with Crippen molar-refractivity contribution in [3.8, 4) is 28.3 Å². The first-order valence-electron chi connectivity index (χ1n) is 10.7. The third kappa shape index (κ3) is 4.53. The van der Waals surface area contributed by atoms with Gasteiger partial charge in [0.05, 0.1) is 28.9 Å². The Bertz CT molecular complexity index is 1320. The van der Waals surface area contributed by atoms with Gasteiger partial charge in [0, 0.05) is 17.7 Å². The normalized spacial score (nSPS) is 15.8. The molecule has 9 nitrogen and oxygen atoms in total. The van der Waals surface area contributed by atoms with Gasteiger partial charge in [0.2, 0.25) is 10.0 Å². The molecule has 1 aliphatic carbocycles. The van der Waals surface area contributed by atoms with Crippen molar-refractivity contribution in [2.45, 2.75) is 17.7 Å². The highest BCUT2D eigenvalue weighted by Crippen LogP contribution is 2.32. The highest BCUT2D eigenvalue weighted by Gasteiger charge is 2.24. The van der Waals surface area contributed by atoms with Crippen LogP contribution in [0, 0.1) is 5.92 Å². The Morgan fingerprint density at radius 2 is 1.88 bits per heavy atom. The van der Waals surface area contributed by atoms with Gasteiger partial charge in [-0.1, -0.05) is 18.2 Å². The van der Waals surface area contributed by atoms with Crippen molar-refractivity contribution in [1.29, 1.82) is 0 Å². The number of sulfonamides is 1. The monoisotopic (exact) mass is 465 g/mol. The van der Waals surface area contributed by atoms with Crippen molar-refractivity contribution >= 4 is 21.7 Å². The summed E-state index contributed by atoms with van der Waals surface area (Å²) in [5, 5.41) is 2.77. The number of nitrogens with zero attached hydrogens (tertiary/aromatic N) is 2. The fourth-order valence-corrected chi connectivity index (χ4v) is 4.70. The fraction of sp³-hybridized carbons (Fsp3) is 0.261. The number of aromatic nitrogens is 2. The average Bonchev–Trinajstić information content (AvgIpc) is 3.66. The maximum atomic E-state index is 12.5. The second kappa shape index (κ2) is 8.45. The number of anilines is 1. The molecular formula is C23H23N5O4S. The van der Waals surface area contributed by atoms with Crippen molar-refractivity contribution in [2.75, 3.05) is 25.4 Å². The molecule has 1 aromatic heterocycles. The van der Waals surface area contributed by atoms with E-state index in [0.717, 1.165) is 12.8 Å². The summed E-state index contributed by atoms with van der Waals surface area (Å²) in [5.41, 5.74) is 8.91. The second-order valence-electron chi connectivity index (χ2n) is 8.12. The molecule has 0 radical (unpaired) electrons. The van der Waals surface area contributed by atoms with Crippen LogP contribution in [0.2, 0.25) is 0 Å². The third-order valence-corrected chi connectivity index (χ3v) is 7.10. The van der Waals surface area contributed by atoms with Gasteiger partial charge < -0.3 is 15.8 Å². The SMILES string of the molecule is Nc1ncc(-c2ccc(S(=O)(=O)NCC3CC3)cc2)nc1-c1ccc2c(c1)OCCNC2=O. The predicted octanol–water partition coefficient (Wildman–Crippen LogP) is 2.20. The van der Waals surface area contributed by atoms with E-state index in [2.05, 4.69) is 20.0 Å². The number of hydrogen-bond acceptors (Lipinski definition) is 7. The molecular weight excluding hydrogens is 442 g/mol. The minimum Gasteiger partial charge on any atom is -0.491 e. The van der Waals surface area contributed by atoms with Gasteiger partial charge in [0.15, 0.2) is 0 Å². The minimum absolute atomic E-state index is 0.191. The molecule has 0 atom stereocenters. The zero-order chi connectivity index (χ0) is 23.0. The standard InChI is InChI=1S/C23H23N5O4S/c24-22-21(16-5-8-18-20(11-16)32-10-9-25-23(18)29)28-19(13-26-22)15-3-6-17(7-4-15)33(30,31)27-12-14-1-2-14/h3-8,11,13-14,27H,1-2,9-10,12H2,(H2,24,26)(H,25,29). The zero-order valence-electron chi connectivity index (χ0n) is 17.7. The molecule has 4 N–H and O–H groups in total. The Kier molecular flexibility index (Phi) is 5.47. The number of amides is 1. The van der Waals surface area contributed by atoms with Crippen molar-refractivity contribution in [3.63, 3.8) is 0 Å². The molecule has 1 amide bonds. The third-order valence-electron chi connectivity index (χ3n) is 5.66. The van der Waals surface area contributed by atoms with Crippen molar-refractivity contribution in [3.05, 3.63) is 54.2 Å². The lowest BCUT2D eigenvalue weighted by molar-refractivity contribution is 0.0957. The number of nitrogen functional groups attached to an aromatic ring is 1. The molecule has 1 aliphatic heterocycles. The molecule has 170 valence electrons. The molecule has 1 fully saturated rings. The zero-order valence-corrected chi connectivity index (χ0v) is 18.6. The van der Waals surface area contributed by atoms with E-state index in [1.54, 1.807) is 48.7 Å². The van der Waals surface area contributed by atoms with Crippen LogP contribution < -0.4 is 20.5 Å². The lowest BCUT2D eigenvalue weighted by Gasteiger charge is -2.11. The van der Waals surface area contributed by atoms with Crippen LogP contribution in [-0.2, 0) is 10.0 Å². The number of fused-ring (bicyclic) bond motifs is 1. The van der Waals surface area contributed by atoms with Gasteiger partial charge in [-0.25, -0.2) is 23.1 Å². The summed E-state index contributed by atoms with van der Waals surface area (Å²) in [4.78, 5) is 21.3. The summed E-state index contributed by atoms with van der Waals surface area (Å²) >= 11 is 0. The molecule has 0 saturated heterocycles. The number of ether oxygens (including phenoxy) is 1. The Morgan fingerprint density at radius 1 is 1.12 bits per heavy atom. The quantitative estimate of drug-likeness (QED) is 0.508. The number of nitrogens with one attached hydrogen (secondary N) is 2. The van der Waals surface area contributed by atoms with Crippen LogP contribution in [-0.4, -0.2) is 44.0 Å². The van der Waals surface area contributed by atoms with E-state index in [1.807, 2.05) is 0 Å². The first-order chi connectivity index (χ1) is 15.9. The van der Waals surface area contributed by atoms with E-state index in [0.29, 0.717) is 59.4 Å². The summed E-state index contributed by atoms with van der Waals surface area (Å²) in [6.45, 7) is 1.28. The number of rotatable bonds is 6. The maximum Gasteiger partial charge on any atom is 0.255 e. The lowest BCUT2D eigenvalue weighted by Crippen LogP contribution is -2.25. The largest absolute Gasteiger partial charge is 0.491 e. The highest BCUT2D eigenvalue weighted by atomic mass is 32.2. The first-order valence-corrected chi connectivity index (χ1v) is 12.2. The number of benzene rings is 2. The molecule has 1 saturated carbocycles. The van der Waals surface area contributed by atoms with Gasteiger partial charge in [-0.2, -0.15) is 0 Å². The van der Waals surface area contributed by atoms with Gasteiger partial charge >= 0.3 is 0 Å². The first kappa shape index (κ1) is 21.4.